The van der Waals surface area contributed by atoms with Crippen molar-refractivity contribution < 1.29 is 24.5 Å². The van der Waals surface area contributed by atoms with E-state index < -0.39 is 24.1 Å². The number of nitrogens with zero attached hydrogens (tertiary/aromatic N) is 4. The fourth-order valence-electron chi connectivity index (χ4n) is 5.44. The maximum atomic E-state index is 13.6. The second-order valence-corrected chi connectivity index (χ2v) is 11.7. The van der Waals surface area contributed by atoms with Gasteiger partial charge in [-0.25, -0.2) is 4.79 Å². The van der Waals surface area contributed by atoms with E-state index in [1.54, 1.807) is 4.90 Å². The molecule has 1 heterocycles. The van der Waals surface area contributed by atoms with Crippen molar-refractivity contribution in [3.63, 3.8) is 0 Å². The van der Waals surface area contributed by atoms with Crippen LogP contribution in [0.1, 0.15) is 66.6 Å². The number of unbranched alkanes of at least 4 members (excludes halogenated alkanes) is 4. The van der Waals surface area contributed by atoms with Crippen LogP contribution >= 0.6 is 0 Å². The number of hydrogen-bond donors (Lipinski definition) is 3. The third-order valence-corrected chi connectivity index (χ3v) is 8.28. The standard InChI is InChI=1S/C35H45N5O5/c1-25-15-16-27(23-26(25)2)11-6-4-10-22-45-33(32(41)35(43)44)34(42)40(21-19-31-36-38-39-37-31)20-9-3-5-12-28-17-18-29-13-7-8-14-30(29)24-28/h7-8,13-18,23-24,32-33,41H,3-6,9-12,19-22H2,1-2H3,(H,43,44)(H,36,37,38,39)/t32-,33-/m1/s1. The maximum Gasteiger partial charge on any atom is 0.335 e. The molecule has 45 heavy (non-hydrogen) atoms. The number of carboxylic acid groups (broad SMARTS) is 1. The molecule has 0 saturated carbocycles. The summed E-state index contributed by atoms with van der Waals surface area (Å²) in [7, 11) is 0. The zero-order chi connectivity index (χ0) is 32.0. The second kappa shape index (κ2) is 17.4. The highest BCUT2D eigenvalue weighted by atomic mass is 16.5. The van der Waals surface area contributed by atoms with Crippen LogP contribution in [0.3, 0.4) is 0 Å². The number of carbonyl (C=O) groups excluding carboxylic acids is 1. The lowest BCUT2D eigenvalue weighted by atomic mass is 10.0. The monoisotopic (exact) mass is 615 g/mol. The van der Waals surface area contributed by atoms with Crippen molar-refractivity contribution in [2.45, 2.75) is 83.8 Å². The first-order valence-corrected chi connectivity index (χ1v) is 15.9. The van der Waals surface area contributed by atoms with Crippen molar-refractivity contribution in [3.05, 3.63) is 88.7 Å². The number of aliphatic hydroxyl groups is 1. The fourth-order valence-corrected chi connectivity index (χ4v) is 5.44. The summed E-state index contributed by atoms with van der Waals surface area (Å²) in [5, 5.41) is 36.4. The molecule has 0 fully saturated rings. The number of aromatic amines is 1. The minimum atomic E-state index is -1.96. The predicted octanol–water partition coefficient (Wildman–Crippen LogP) is 5.00. The average molecular weight is 616 g/mol. The lowest BCUT2D eigenvalue weighted by Gasteiger charge is -2.28. The molecule has 0 aliphatic carbocycles. The van der Waals surface area contributed by atoms with Crippen LogP contribution in [0.15, 0.2) is 60.7 Å². The molecule has 4 aromatic rings. The number of aliphatic hydroxyl groups excluding tert-OH is 1. The van der Waals surface area contributed by atoms with Gasteiger partial charge in [-0.3, -0.25) is 4.79 Å². The average Bonchev–Trinajstić information content (AvgIpc) is 3.57. The zero-order valence-corrected chi connectivity index (χ0v) is 26.3. The number of aryl methyl sites for hydroxylation is 4. The van der Waals surface area contributed by atoms with Crippen LogP contribution in [0.5, 0.6) is 0 Å². The van der Waals surface area contributed by atoms with E-state index in [0.29, 0.717) is 25.2 Å². The van der Waals surface area contributed by atoms with Crippen molar-refractivity contribution in [1.29, 1.82) is 0 Å². The van der Waals surface area contributed by atoms with Gasteiger partial charge in [0.25, 0.3) is 5.91 Å². The van der Waals surface area contributed by atoms with Crippen LogP contribution in [0.25, 0.3) is 10.8 Å². The second-order valence-electron chi connectivity index (χ2n) is 11.7. The SMILES string of the molecule is Cc1ccc(CCCCCO[C@@H](C(=O)N(CCCCCc2ccc3ccccc3c2)CCc2nn[nH]n2)[C@@H](O)C(=O)O)cc1C. The minimum absolute atomic E-state index is 0.179. The van der Waals surface area contributed by atoms with E-state index in [0.717, 1.165) is 44.9 Å². The third kappa shape index (κ3) is 10.5. The summed E-state index contributed by atoms with van der Waals surface area (Å²) >= 11 is 0. The number of aromatic nitrogens is 4. The van der Waals surface area contributed by atoms with Gasteiger partial charge >= 0.3 is 5.97 Å². The van der Waals surface area contributed by atoms with Crippen LogP contribution in [0.4, 0.5) is 0 Å². The molecule has 2 atom stereocenters. The number of H-pyrrole nitrogens is 1. The highest BCUT2D eigenvalue weighted by Crippen LogP contribution is 2.18. The smallest absolute Gasteiger partial charge is 0.335 e. The van der Waals surface area contributed by atoms with Gasteiger partial charge in [0.05, 0.1) is 0 Å². The molecule has 1 amide bonds. The first kappa shape index (κ1) is 33.7. The van der Waals surface area contributed by atoms with Crippen molar-refractivity contribution in [2.75, 3.05) is 19.7 Å². The molecule has 0 unspecified atom stereocenters. The van der Waals surface area contributed by atoms with Crippen LogP contribution in [0.2, 0.25) is 0 Å². The van der Waals surface area contributed by atoms with E-state index in [1.807, 2.05) is 12.1 Å². The summed E-state index contributed by atoms with van der Waals surface area (Å²) in [6, 6.07) is 21.3. The maximum absolute atomic E-state index is 13.6. The van der Waals surface area contributed by atoms with Crippen LogP contribution in [-0.2, 0) is 33.6 Å². The van der Waals surface area contributed by atoms with Gasteiger partial charge in [0.15, 0.2) is 18.0 Å². The number of tetrazole rings is 1. The molecule has 0 radical (unpaired) electrons. The lowest BCUT2D eigenvalue weighted by molar-refractivity contribution is -0.167. The van der Waals surface area contributed by atoms with Gasteiger partial charge in [-0.2, -0.15) is 5.21 Å². The molecule has 1 aromatic heterocycles. The quantitative estimate of drug-likeness (QED) is 0.125. The molecular weight excluding hydrogens is 570 g/mol. The Balaban J connectivity index is 1.29. The largest absolute Gasteiger partial charge is 0.479 e. The van der Waals surface area contributed by atoms with E-state index in [1.165, 1.54) is 33.0 Å². The summed E-state index contributed by atoms with van der Waals surface area (Å²) in [5.41, 5.74) is 5.09. The van der Waals surface area contributed by atoms with Gasteiger partial charge in [-0.05, 0) is 85.4 Å². The van der Waals surface area contributed by atoms with Crippen molar-refractivity contribution in [3.8, 4) is 0 Å². The Kier molecular flexibility index (Phi) is 13.0. The van der Waals surface area contributed by atoms with E-state index in [4.69, 9.17) is 4.74 Å². The van der Waals surface area contributed by atoms with Gasteiger partial charge < -0.3 is 19.8 Å². The number of nitrogens with one attached hydrogen (secondary N) is 1. The fraction of sp³-hybridized carbons (Fsp3) is 0.457. The van der Waals surface area contributed by atoms with Crippen molar-refractivity contribution in [2.24, 2.45) is 0 Å². The van der Waals surface area contributed by atoms with Crippen LogP contribution in [0, 0.1) is 13.8 Å². The summed E-state index contributed by atoms with van der Waals surface area (Å²) in [5.74, 6) is -1.58. The summed E-state index contributed by atoms with van der Waals surface area (Å²) < 4.78 is 5.78. The Morgan fingerprint density at radius 2 is 1.53 bits per heavy atom. The summed E-state index contributed by atoms with van der Waals surface area (Å²) in [6.45, 7) is 5.04. The summed E-state index contributed by atoms with van der Waals surface area (Å²) in [6.07, 6.45) is 3.75. The predicted molar refractivity (Wildman–Crippen MR) is 173 cm³/mol. The number of rotatable bonds is 19. The molecule has 4 rings (SSSR count). The van der Waals surface area contributed by atoms with Crippen molar-refractivity contribution in [1.82, 2.24) is 25.5 Å². The molecule has 3 aromatic carbocycles. The Labute approximate surface area is 264 Å². The Morgan fingerprint density at radius 1 is 0.822 bits per heavy atom. The molecule has 10 nitrogen and oxygen atoms in total. The first-order chi connectivity index (χ1) is 21.8. The Bertz CT molecular complexity index is 1510. The molecular formula is C35H45N5O5. The Hall–Kier alpha value is -4.15. The lowest BCUT2D eigenvalue weighted by Crippen LogP contribution is -2.50. The zero-order valence-electron chi connectivity index (χ0n) is 26.3. The van der Waals surface area contributed by atoms with Crippen LogP contribution in [-0.4, -0.2) is 79.5 Å². The highest BCUT2D eigenvalue weighted by molar-refractivity contribution is 5.88. The molecule has 10 heteroatoms. The van der Waals surface area contributed by atoms with Gasteiger partial charge in [0.1, 0.15) is 0 Å². The first-order valence-electron chi connectivity index (χ1n) is 15.9. The molecule has 3 N–H and O–H groups in total. The van der Waals surface area contributed by atoms with Gasteiger partial charge in [0.2, 0.25) is 0 Å². The van der Waals surface area contributed by atoms with E-state index in [2.05, 4.69) is 83.0 Å². The molecule has 0 spiro atoms. The molecule has 240 valence electrons. The van der Waals surface area contributed by atoms with Crippen molar-refractivity contribution >= 4 is 22.6 Å². The normalized spacial score (nSPS) is 12.7. The Morgan fingerprint density at radius 3 is 2.24 bits per heavy atom. The van der Waals surface area contributed by atoms with Gasteiger partial charge in [-0.15, -0.1) is 10.2 Å². The summed E-state index contributed by atoms with van der Waals surface area (Å²) in [4.78, 5) is 26.9. The van der Waals surface area contributed by atoms with Gasteiger partial charge in [-0.1, -0.05) is 78.7 Å². The van der Waals surface area contributed by atoms with E-state index in [9.17, 15) is 19.8 Å². The third-order valence-electron chi connectivity index (χ3n) is 8.28. The topological polar surface area (TPSA) is 142 Å². The molecule has 0 bridgehead atoms. The molecule has 0 aliphatic rings. The number of carboxylic acids is 1. The number of hydrogen-bond acceptors (Lipinski definition) is 7. The number of fused-ring (bicyclic) bond motifs is 1. The number of ether oxygens (including phenoxy) is 1. The van der Waals surface area contributed by atoms with E-state index in [-0.39, 0.29) is 13.2 Å². The van der Waals surface area contributed by atoms with Crippen LogP contribution < -0.4 is 0 Å². The molecule has 0 aliphatic heterocycles. The van der Waals surface area contributed by atoms with Gasteiger partial charge in [0, 0.05) is 26.1 Å². The number of aliphatic carboxylic acids is 1. The highest BCUT2D eigenvalue weighted by Gasteiger charge is 2.36. The number of benzene rings is 3. The minimum Gasteiger partial charge on any atom is -0.479 e. The number of amides is 1. The van der Waals surface area contributed by atoms with E-state index >= 15 is 0 Å². The molecule has 0 saturated heterocycles. The number of carbonyl (C=O) groups is 2.